The zero-order valence-electron chi connectivity index (χ0n) is 21.7. The number of quaternary nitrogens is 1. The average molecular weight is 479 g/mol. The third-order valence-corrected chi connectivity index (χ3v) is 7.74. The van der Waals surface area contributed by atoms with Crippen molar-refractivity contribution in [3.63, 3.8) is 0 Å². The van der Waals surface area contributed by atoms with Crippen molar-refractivity contribution in [2.75, 3.05) is 25.5 Å². The third kappa shape index (κ3) is 5.16. The molecule has 188 valence electrons. The van der Waals surface area contributed by atoms with Crippen LogP contribution in [0.1, 0.15) is 59.3 Å². The van der Waals surface area contributed by atoms with Crippen LogP contribution >= 0.6 is 0 Å². The summed E-state index contributed by atoms with van der Waals surface area (Å²) in [6.45, 7) is 7.99. The van der Waals surface area contributed by atoms with Gasteiger partial charge >= 0.3 is 0 Å². The Morgan fingerprint density at radius 2 is 1.97 bits per heavy atom. The second-order valence-electron chi connectivity index (χ2n) is 10.3. The summed E-state index contributed by atoms with van der Waals surface area (Å²) in [6.07, 6.45) is 10.5. The zero-order chi connectivity index (χ0) is 25.0. The van der Waals surface area contributed by atoms with E-state index >= 15 is 0 Å². The van der Waals surface area contributed by atoms with Crippen LogP contribution in [0.15, 0.2) is 52.4 Å². The fourth-order valence-corrected chi connectivity index (χ4v) is 5.75. The summed E-state index contributed by atoms with van der Waals surface area (Å²) >= 11 is 0. The van der Waals surface area contributed by atoms with E-state index in [1.807, 2.05) is 6.92 Å². The Morgan fingerprint density at radius 3 is 2.60 bits per heavy atom. The van der Waals surface area contributed by atoms with Gasteiger partial charge in [-0.25, -0.2) is 0 Å². The predicted octanol–water partition coefficient (Wildman–Crippen LogP) is 3.50. The number of nitriles is 1. The monoisotopic (exact) mass is 478 g/mol. The summed E-state index contributed by atoms with van der Waals surface area (Å²) in [4.78, 5) is 5.26. The Morgan fingerprint density at radius 1 is 1.26 bits per heavy atom. The number of rotatable bonds is 8. The van der Waals surface area contributed by atoms with Gasteiger partial charge in [-0.2, -0.15) is 10.3 Å². The molecule has 1 aliphatic carbocycles. The van der Waals surface area contributed by atoms with Crippen LogP contribution in [0.3, 0.4) is 0 Å². The van der Waals surface area contributed by atoms with Crippen LogP contribution in [-0.4, -0.2) is 47.7 Å². The molecule has 2 heterocycles. The largest absolute Gasteiger partial charge is 0.583 e. The fraction of sp³-hybridized carbons (Fsp3) is 0.571. The minimum absolute atomic E-state index is 0.303. The lowest BCUT2D eigenvalue weighted by Gasteiger charge is -2.42. The highest BCUT2D eigenvalue weighted by Gasteiger charge is 2.54. The van der Waals surface area contributed by atoms with Gasteiger partial charge in [0.1, 0.15) is 5.54 Å². The highest BCUT2D eigenvalue weighted by molar-refractivity contribution is 5.63. The minimum Gasteiger partial charge on any atom is -0.583 e. The number of fused-ring (bicyclic) bond motifs is 1. The lowest BCUT2D eigenvalue weighted by molar-refractivity contribution is -0.940. The normalized spacial score (nSPS) is 31.3. The number of aliphatic imine (C=N–C) groups is 1. The number of hydrogen-bond acceptors (Lipinski definition) is 5. The standard InChI is InChI=1S/C28H40N6O/c1-5-7-24-27(32-22-12-14-23(15-13-22)35-6-2)34-26(16-17-33(34)4)25(18-29)28(24,3)31-19-20-8-10-21(30)11-9-20/h12-16,19-21,25,32H,5-11,17,30H2,1-4H3/p+2. The maximum atomic E-state index is 10.4. The molecule has 7 heteroatoms. The second-order valence-corrected chi connectivity index (χ2v) is 10.3. The number of benzene rings is 1. The first-order valence-corrected chi connectivity index (χ1v) is 13.2. The number of hydrogen-bond donors (Lipinski definition) is 3. The van der Waals surface area contributed by atoms with E-state index in [1.165, 1.54) is 5.57 Å². The number of nitrogens with one attached hydrogen (secondary N) is 2. The van der Waals surface area contributed by atoms with E-state index in [2.05, 4.69) is 78.6 Å². The first-order chi connectivity index (χ1) is 16.9. The van der Waals surface area contributed by atoms with E-state index in [4.69, 9.17) is 10.7 Å². The van der Waals surface area contributed by atoms with E-state index in [0.29, 0.717) is 12.0 Å². The van der Waals surface area contributed by atoms with Crippen LogP contribution in [0.4, 0.5) is 5.69 Å². The summed E-state index contributed by atoms with van der Waals surface area (Å²) in [5.74, 6) is 2.23. The highest BCUT2D eigenvalue weighted by atomic mass is 16.5. The van der Waals surface area contributed by atoms with Crippen molar-refractivity contribution in [3.05, 3.63) is 47.4 Å². The Bertz CT molecular complexity index is 1010. The van der Waals surface area contributed by atoms with Gasteiger partial charge in [-0.05, 0) is 63.2 Å². The molecule has 4 rings (SSSR count). The maximum Gasteiger partial charge on any atom is 0.254 e. The molecule has 3 atom stereocenters. The first kappa shape index (κ1) is 25.4. The molecule has 5 N–H and O–H groups in total. The molecule has 0 bridgehead atoms. The lowest BCUT2D eigenvalue weighted by Crippen LogP contribution is -3.15. The van der Waals surface area contributed by atoms with Crippen molar-refractivity contribution in [2.45, 2.75) is 70.9 Å². The average Bonchev–Trinajstić information content (AvgIpc) is 3.23. The summed E-state index contributed by atoms with van der Waals surface area (Å²) in [7, 11) is 2.11. The number of nitrogens with zero attached hydrogens (tertiary/aromatic N) is 3. The third-order valence-electron chi connectivity index (χ3n) is 7.74. The van der Waals surface area contributed by atoms with Crippen molar-refractivity contribution in [1.29, 1.82) is 5.26 Å². The van der Waals surface area contributed by atoms with E-state index in [-0.39, 0.29) is 5.92 Å². The predicted molar refractivity (Wildman–Crippen MR) is 142 cm³/mol. The number of nitrogens with two attached hydrogens (primary N) is 1. The van der Waals surface area contributed by atoms with Crippen molar-refractivity contribution < 1.29 is 9.75 Å². The van der Waals surface area contributed by atoms with Gasteiger partial charge in [0, 0.05) is 49.6 Å². The highest BCUT2D eigenvalue weighted by Crippen LogP contribution is 2.41. The fourth-order valence-electron chi connectivity index (χ4n) is 5.75. The number of aliphatic hydroxyl groups is 1. The van der Waals surface area contributed by atoms with Gasteiger partial charge in [-0.1, -0.05) is 13.3 Å². The SMILES string of the molecule is CCCC1=C(Nc2ccc([OH+]CC)cc2)[NH+]2C(=CCN2C)C(C#N)C1(C)N=CC1CCC(N)CC1. The molecular weight excluding hydrogens is 436 g/mol. The molecule has 35 heavy (non-hydrogen) atoms. The molecular formula is C28H42N6O+2. The molecule has 0 aromatic heterocycles. The molecule has 7 nitrogen and oxygen atoms in total. The van der Waals surface area contributed by atoms with Crippen LogP contribution in [0.25, 0.3) is 0 Å². The molecule has 1 fully saturated rings. The van der Waals surface area contributed by atoms with Gasteiger partial charge in [-0.3, -0.25) is 4.99 Å². The van der Waals surface area contributed by atoms with Gasteiger partial charge in [0.05, 0.1) is 12.6 Å². The molecule has 0 spiro atoms. The van der Waals surface area contributed by atoms with E-state index < -0.39 is 5.54 Å². The Hall–Kier alpha value is -2.66. The van der Waals surface area contributed by atoms with Gasteiger partial charge in [-0.15, -0.1) is 5.01 Å². The molecule has 3 unspecified atom stereocenters. The summed E-state index contributed by atoms with van der Waals surface area (Å²) in [6, 6.07) is 11.3. The molecule has 0 amide bonds. The van der Waals surface area contributed by atoms with Crippen molar-refractivity contribution >= 4 is 11.9 Å². The number of likely N-dealkylation sites (N-methyl/N-ethyl adjacent to an activating group) is 1. The topological polar surface area (TPSA) is 94.7 Å². The zero-order valence-corrected chi connectivity index (χ0v) is 21.7. The van der Waals surface area contributed by atoms with Gasteiger partial charge in [0.25, 0.3) is 5.75 Å². The van der Waals surface area contributed by atoms with Crippen molar-refractivity contribution in [1.82, 2.24) is 5.01 Å². The maximum absolute atomic E-state index is 10.4. The quantitative estimate of drug-likeness (QED) is 0.303. The number of aromatic hydroxyl groups is 1. The number of ether oxygens (including phenoxy) is 1. The summed E-state index contributed by atoms with van der Waals surface area (Å²) in [5, 5.41) is 17.5. The van der Waals surface area contributed by atoms with Crippen molar-refractivity contribution in [2.24, 2.45) is 22.6 Å². The molecule has 0 radical (unpaired) electrons. The van der Waals surface area contributed by atoms with Crippen LogP contribution in [0, 0.1) is 23.2 Å². The first-order valence-electron chi connectivity index (χ1n) is 13.2. The van der Waals surface area contributed by atoms with E-state index in [0.717, 1.165) is 79.6 Å². The summed E-state index contributed by atoms with van der Waals surface area (Å²) in [5.41, 5.74) is 8.87. The molecule has 1 saturated carbocycles. The van der Waals surface area contributed by atoms with Crippen LogP contribution in [0.2, 0.25) is 0 Å². The Balaban J connectivity index is 1.76. The van der Waals surface area contributed by atoms with E-state index in [1.54, 1.807) is 0 Å². The molecule has 1 aromatic carbocycles. The summed E-state index contributed by atoms with van der Waals surface area (Å²) < 4.78 is 4.50. The molecule has 0 saturated heterocycles. The Kier molecular flexibility index (Phi) is 7.95. The minimum atomic E-state index is -0.606. The molecule has 1 aromatic rings. The lowest BCUT2D eigenvalue weighted by atomic mass is 9.74. The number of anilines is 1. The van der Waals surface area contributed by atoms with Crippen LogP contribution in [-0.2, 0) is 0 Å². The molecule has 3 aliphatic rings. The van der Waals surface area contributed by atoms with Crippen molar-refractivity contribution in [3.8, 4) is 11.8 Å². The molecule has 2 aliphatic heterocycles. The van der Waals surface area contributed by atoms with E-state index in [9.17, 15) is 5.26 Å². The Labute approximate surface area is 210 Å². The van der Waals surface area contributed by atoms with Gasteiger partial charge < -0.3 is 15.8 Å². The van der Waals surface area contributed by atoms with Gasteiger partial charge in [0.2, 0.25) is 5.82 Å². The van der Waals surface area contributed by atoms with Crippen LogP contribution < -0.4 is 16.1 Å². The smallest absolute Gasteiger partial charge is 0.254 e. The van der Waals surface area contributed by atoms with Gasteiger partial charge in [0.15, 0.2) is 18.2 Å². The second kappa shape index (κ2) is 10.9. The van der Waals surface area contributed by atoms with Crippen LogP contribution in [0.5, 0.6) is 5.75 Å².